The number of carbonyl (C=O) groups is 2. The molecule has 5 aromatic rings. The van der Waals surface area contributed by atoms with E-state index in [0.29, 0.717) is 19.5 Å². The van der Waals surface area contributed by atoms with Gasteiger partial charge < -0.3 is 19.7 Å². The number of carboxylic acid groups (broad SMARTS) is 1. The van der Waals surface area contributed by atoms with Crippen LogP contribution in [0.4, 0.5) is 4.79 Å². The number of nitrogens with zero attached hydrogens (tertiary/aromatic N) is 2. The molecule has 220 valence electrons. The molecule has 0 unspecified atom stereocenters. The number of aromatic carboxylic acids is 1. The average molecular weight is 576 g/mol. The van der Waals surface area contributed by atoms with Gasteiger partial charge in [0.2, 0.25) is 0 Å². The maximum absolute atomic E-state index is 13.4. The molecule has 0 aliphatic carbocycles. The second kappa shape index (κ2) is 13.8. The number of amides is 1. The summed E-state index contributed by atoms with van der Waals surface area (Å²) in [5.41, 5.74) is 8.51. The highest BCUT2D eigenvalue weighted by Gasteiger charge is 2.20. The number of fused-ring (bicyclic) bond motifs is 1. The predicted octanol–water partition coefficient (Wildman–Crippen LogP) is 7.75. The van der Waals surface area contributed by atoms with Crippen LogP contribution in [-0.2, 0) is 24.2 Å². The van der Waals surface area contributed by atoms with Crippen molar-refractivity contribution in [1.82, 2.24) is 14.9 Å². The fraction of sp³-hybridized carbons (Fsp3) is 0.250. The van der Waals surface area contributed by atoms with Crippen molar-refractivity contribution >= 4 is 23.0 Å². The Kier molecular flexibility index (Phi) is 9.52. The number of nitrogens with one attached hydrogen (secondary N) is 1. The minimum absolute atomic E-state index is 0.204. The van der Waals surface area contributed by atoms with Crippen LogP contribution in [0.1, 0.15) is 51.0 Å². The molecule has 0 saturated carbocycles. The second-order valence-corrected chi connectivity index (χ2v) is 11.0. The number of ether oxygens (including phenoxy) is 1. The minimum Gasteiger partial charge on any atom is -0.478 e. The maximum Gasteiger partial charge on any atom is 0.410 e. The molecule has 2 heterocycles. The largest absolute Gasteiger partial charge is 0.478 e. The third kappa shape index (κ3) is 7.68. The van der Waals surface area contributed by atoms with E-state index in [2.05, 4.69) is 42.0 Å². The topological polar surface area (TPSA) is 95.5 Å². The van der Waals surface area contributed by atoms with Gasteiger partial charge in [-0.05, 0) is 104 Å². The lowest BCUT2D eigenvalue weighted by molar-refractivity contribution is 0.0697. The monoisotopic (exact) mass is 575 g/mol. The quantitative estimate of drug-likeness (QED) is 0.148. The Hall–Kier alpha value is -4.91. The van der Waals surface area contributed by atoms with Gasteiger partial charge in [-0.1, -0.05) is 47.5 Å². The lowest BCUT2D eigenvalue weighted by Gasteiger charge is -2.23. The second-order valence-electron chi connectivity index (χ2n) is 11.0. The molecule has 1 amide bonds. The van der Waals surface area contributed by atoms with Crippen LogP contribution in [-0.4, -0.2) is 45.1 Å². The molecule has 0 aliphatic rings. The number of H-pyrrole nitrogens is 1. The van der Waals surface area contributed by atoms with Crippen LogP contribution >= 0.6 is 0 Å². The first-order chi connectivity index (χ1) is 20.9. The number of carboxylic acids is 1. The molecule has 2 aromatic heterocycles. The Morgan fingerprint density at radius 1 is 0.837 bits per heavy atom. The van der Waals surface area contributed by atoms with Crippen molar-refractivity contribution in [3.8, 4) is 11.3 Å². The van der Waals surface area contributed by atoms with Gasteiger partial charge in [0.25, 0.3) is 0 Å². The number of aromatic amines is 1. The first kappa shape index (κ1) is 29.6. The number of hydrogen-bond donors (Lipinski definition) is 2. The Morgan fingerprint density at radius 3 is 2.30 bits per heavy atom. The number of aryl methyl sites for hydroxylation is 3. The number of unbranched alkanes of at least 4 members (excludes halogenated alkanes) is 1. The Morgan fingerprint density at radius 2 is 1.58 bits per heavy atom. The number of hydrogen-bond acceptors (Lipinski definition) is 4. The van der Waals surface area contributed by atoms with E-state index in [-0.39, 0.29) is 18.3 Å². The lowest BCUT2D eigenvalue weighted by Crippen LogP contribution is -2.34. The van der Waals surface area contributed by atoms with Crippen molar-refractivity contribution in [2.75, 3.05) is 13.1 Å². The zero-order valence-corrected chi connectivity index (χ0v) is 24.7. The Balaban J connectivity index is 1.40. The molecule has 0 atom stereocenters. The first-order valence-electron chi connectivity index (χ1n) is 14.7. The smallest absolute Gasteiger partial charge is 0.410 e. The third-order valence-corrected chi connectivity index (χ3v) is 7.65. The van der Waals surface area contributed by atoms with Crippen LogP contribution in [0.2, 0.25) is 0 Å². The third-order valence-electron chi connectivity index (χ3n) is 7.65. The number of benzene rings is 3. The van der Waals surface area contributed by atoms with Gasteiger partial charge in [0.1, 0.15) is 6.61 Å². The van der Waals surface area contributed by atoms with Crippen LogP contribution < -0.4 is 0 Å². The van der Waals surface area contributed by atoms with E-state index in [0.717, 1.165) is 63.7 Å². The minimum atomic E-state index is -0.970. The predicted molar refractivity (Wildman–Crippen MR) is 169 cm³/mol. The number of aromatic nitrogens is 2. The van der Waals surface area contributed by atoms with E-state index in [1.165, 1.54) is 5.56 Å². The van der Waals surface area contributed by atoms with Crippen molar-refractivity contribution in [2.24, 2.45) is 0 Å². The molecule has 5 rings (SSSR count). The van der Waals surface area contributed by atoms with Gasteiger partial charge in [0.05, 0.1) is 5.56 Å². The summed E-state index contributed by atoms with van der Waals surface area (Å²) >= 11 is 0. The molecular weight excluding hydrogens is 538 g/mol. The summed E-state index contributed by atoms with van der Waals surface area (Å²) in [6.45, 7) is 5.33. The van der Waals surface area contributed by atoms with Gasteiger partial charge in [0.15, 0.2) is 0 Å². The molecule has 7 nitrogen and oxygen atoms in total. The summed E-state index contributed by atoms with van der Waals surface area (Å²) in [4.78, 5) is 34.6. The van der Waals surface area contributed by atoms with Crippen LogP contribution in [0.3, 0.4) is 0 Å². The van der Waals surface area contributed by atoms with Crippen molar-refractivity contribution < 1.29 is 19.4 Å². The summed E-state index contributed by atoms with van der Waals surface area (Å²) in [7, 11) is 0. The number of pyridine rings is 1. The number of carbonyl (C=O) groups excluding carboxylic acids is 1. The fourth-order valence-electron chi connectivity index (χ4n) is 5.54. The van der Waals surface area contributed by atoms with Gasteiger partial charge in [-0.2, -0.15) is 0 Å². The van der Waals surface area contributed by atoms with Crippen molar-refractivity contribution in [2.45, 2.75) is 46.1 Å². The molecule has 0 radical (unpaired) electrons. The SMILES string of the molecule is Cc1cc(C)cc(-c2[nH]c3ccc(C(=O)O)cc3c2CCN(CCCCc2ccncc2)C(=O)OCc2ccccc2)c1. The molecule has 43 heavy (non-hydrogen) atoms. The van der Waals surface area contributed by atoms with Crippen LogP contribution in [0, 0.1) is 13.8 Å². The van der Waals surface area contributed by atoms with Crippen LogP contribution in [0.15, 0.2) is 91.3 Å². The Labute approximate surface area is 252 Å². The molecule has 2 N–H and O–H groups in total. The van der Waals surface area contributed by atoms with Crippen molar-refractivity contribution in [1.29, 1.82) is 0 Å². The Bertz CT molecular complexity index is 1680. The maximum atomic E-state index is 13.4. The standard InChI is InChI=1S/C36H37N3O4/c1-25-20-26(2)22-30(21-25)34-31(32-23-29(35(40)41)11-12-33(32)38-34)15-19-39(18-7-6-8-27-13-16-37-17-14-27)36(42)43-24-28-9-4-3-5-10-28/h3-5,9-14,16-17,20-23,38H,6-8,15,18-19,24H2,1-2H3,(H,40,41). The van der Waals surface area contributed by atoms with E-state index in [4.69, 9.17) is 4.74 Å². The molecule has 0 aliphatic heterocycles. The van der Waals surface area contributed by atoms with E-state index >= 15 is 0 Å². The summed E-state index contributed by atoms with van der Waals surface area (Å²) in [6, 6.07) is 25.3. The van der Waals surface area contributed by atoms with Gasteiger partial charge in [-0.25, -0.2) is 9.59 Å². The molecular formula is C36H37N3O4. The van der Waals surface area contributed by atoms with Gasteiger partial charge in [-0.3, -0.25) is 4.98 Å². The van der Waals surface area contributed by atoms with Crippen LogP contribution in [0.5, 0.6) is 0 Å². The van der Waals surface area contributed by atoms with Gasteiger partial charge >= 0.3 is 12.1 Å². The van der Waals surface area contributed by atoms with Gasteiger partial charge in [0, 0.05) is 42.1 Å². The van der Waals surface area contributed by atoms with E-state index < -0.39 is 5.97 Å². The molecule has 7 heteroatoms. The van der Waals surface area contributed by atoms with Crippen molar-refractivity contribution in [3.63, 3.8) is 0 Å². The molecule has 0 fully saturated rings. The highest BCUT2D eigenvalue weighted by Crippen LogP contribution is 2.33. The lowest BCUT2D eigenvalue weighted by atomic mass is 9.98. The highest BCUT2D eigenvalue weighted by molar-refractivity contribution is 5.97. The summed E-state index contributed by atoms with van der Waals surface area (Å²) in [6.07, 6.45) is 6.44. The zero-order valence-electron chi connectivity index (χ0n) is 24.7. The normalized spacial score (nSPS) is 11.0. The molecule has 3 aromatic carbocycles. The van der Waals surface area contributed by atoms with E-state index in [1.54, 1.807) is 29.4 Å². The zero-order chi connectivity index (χ0) is 30.2. The fourth-order valence-corrected chi connectivity index (χ4v) is 5.54. The summed E-state index contributed by atoms with van der Waals surface area (Å²) < 4.78 is 5.75. The van der Waals surface area contributed by atoms with Gasteiger partial charge in [-0.15, -0.1) is 0 Å². The molecule has 0 bridgehead atoms. The van der Waals surface area contributed by atoms with E-state index in [9.17, 15) is 14.7 Å². The average Bonchev–Trinajstić information content (AvgIpc) is 3.38. The van der Waals surface area contributed by atoms with Crippen molar-refractivity contribution in [3.05, 3.63) is 125 Å². The van der Waals surface area contributed by atoms with E-state index in [1.807, 2.05) is 48.5 Å². The molecule has 0 saturated heterocycles. The van der Waals surface area contributed by atoms with Crippen LogP contribution in [0.25, 0.3) is 22.2 Å². The number of rotatable bonds is 12. The summed E-state index contributed by atoms with van der Waals surface area (Å²) in [5, 5.41) is 10.5. The first-order valence-corrected chi connectivity index (χ1v) is 14.7. The summed E-state index contributed by atoms with van der Waals surface area (Å²) in [5.74, 6) is -0.970. The molecule has 0 spiro atoms. The highest BCUT2D eigenvalue weighted by atomic mass is 16.6.